The minimum Gasteiger partial charge on any atom is -0.481 e. The molecule has 0 atom stereocenters. The summed E-state index contributed by atoms with van der Waals surface area (Å²) in [5, 5.41) is 8.57. The Hall–Kier alpha value is -2.47. The van der Waals surface area contributed by atoms with Gasteiger partial charge >= 0.3 is 5.97 Å². The van der Waals surface area contributed by atoms with E-state index < -0.39 is 23.4 Å². The van der Waals surface area contributed by atoms with Gasteiger partial charge in [0, 0.05) is 10.5 Å². The van der Waals surface area contributed by atoms with Gasteiger partial charge in [-0.1, -0.05) is 18.2 Å². The zero-order valence-corrected chi connectivity index (χ0v) is 12.6. The minimum atomic E-state index is -1.05. The molecule has 118 valence electrons. The lowest BCUT2D eigenvalue weighted by Gasteiger charge is -2.03. The van der Waals surface area contributed by atoms with E-state index in [-0.39, 0.29) is 16.2 Å². The van der Waals surface area contributed by atoms with Gasteiger partial charge < -0.3 is 5.11 Å². The van der Waals surface area contributed by atoms with Gasteiger partial charge in [0.25, 0.3) is 0 Å². The van der Waals surface area contributed by atoms with Gasteiger partial charge in [-0.3, -0.25) is 9.59 Å². The van der Waals surface area contributed by atoms with Crippen molar-refractivity contribution in [1.29, 1.82) is 0 Å². The summed E-state index contributed by atoms with van der Waals surface area (Å²) in [6.07, 6.45) is 2.67. The molecule has 2 aromatic carbocycles. The van der Waals surface area contributed by atoms with Crippen molar-refractivity contribution in [2.45, 2.75) is 4.90 Å². The Bertz CT molecular complexity index is 772. The molecule has 0 fully saturated rings. The zero-order chi connectivity index (χ0) is 16.8. The first kappa shape index (κ1) is 16.9. The van der Waals surface area contributed by atoms with Gasteiger partial charge in [0.2, 0.25) is 0 Å². The van der Waals surface area contributed by atoms with Gasteiger partial charge in [-0.05, 0) is 42.0 Å². The van der Waals surface area contributed by atoms with Crippen molar-refractivity contribution in [3.63, 3.8) is 0 Å². The van der Waals surface area contributed by atoms with Crippen molar-refractivity contribution in [1.82, 2.24) is 0 Å². The van der Waals surface area contributed by atoms with Gasteiger partial charge in [0.1, 0.15) is 11.6 Å². The van der Waals surface area contributed by atoms with Crippen LogP contribution in [0.15, 0.2) is 53.4 Å². The van der Waals surface area contributed by atoms with Gasteiger partial charge in [0.15, 0.2) is 5.78 Å². The summed E-state index contributed by atoms with van der Waals surface area (Å²) in [4.78, 5) is 22.6. The molecule has 0 aliphatic carbocycles. The average molecular weight is 334 g/mol. The van der Waals surface area contributed by atoms with Crippen LogP contribution < -0.4 is 0 Å². The van der Waals surface area contributed by atoms with E-state index in [9.17, 15) is 18.4 Å². The molecule has 2 rings (SSSR count). The molecule has 0 unspecified atom stereocenters. The summed E-state index contributed by atoms with van der Waals surface area (Å²) in [5.74, 6) is -2.80. The van der Waals surface area contributed by atoms with Crippen LogP contribution >= 0.6 is 11.8 Å². The highest BCUT2D eigenvalue weighted by Crippen LogP contribution is 2.23. The Labute approximate surface area is 135 Å². The molecular formula is C17H12F2O3S. The molecule has 0 bridgehead atoms. The molecule has 0 aliphatic heterocycles. The van der Waals surface area contributed by atoms with E-state index in [1.165, 1.54) is 42.5 Å². The third-order valence-electron chi connectivity index (χ3n) is 2.84. The number of aliphatic carboxylic acids is 1. The summed E-state index contributed by atoms with van der Waals surface area (Å²) >= 11 is 0.842. The predicted octanol–water partition coefficient (Wildman–Crippen LogP) is 4.04. The Morgan fingerprint density at radius 3 is 2.57 bits per heavy atom. The Morgan fingerprint density at radius 1 is 1.13 bits per heavy atom. The molecule has 6 heteroatoms. The summed E-state index contributed by atoms with van der Waals surface area (Å²) < 4.78 is 26.9. The fourth-order valence-corrected chi connectivity index (χ4v) is 2.43. The summed E-state index contributed by atoms with van der Waals surface area (Å²) in [7, 11) is 0. The lowest BCUT2D eigenvalue weighted by Crippen LogP contribution is -2.00. The number of carbonyl (C=O) groups is 2. The Morgan fingerprint density at radius 2 is 1.91 bits per heavy atom. The Balaban J connectivity index is 2.10. The second kappa shape index (κ2) is 7.69. The third-order valence-corrected chi connectivity index (χ3v) is 3.88. The van der Waals surface area contributed by atoms with E-state index in [0.717, 1.165) is 17.8 Å². The number of allylic oxidation sites excluding steroid dienone is 1. The second-order valence-corrected chi connectivity index (χ2v) is 5.60. The number of carboxylic acids is 1. The maximum atomic E-state index is 13.8. The first-order valence-electron chi connectivity index (χ1n) is 6.58. The second-order valence-electron chi connectivity index (χ2n) is 4.58. The van der Waals surface area contributed by atoms with Gasteiger partial charge in [-0.25, -0.2) is 8.78 Å². The lowest BCUT2D eigenvalue weighted by molar-refractivity contribution is -0.133. The standard InChI is InChI=1S/C17H12F2O3S/c18-13-3-1-2-11(8-13)4-6-15(20)12-5-7-16(14(19)9-12)23-10-17(21)22/h1-9H,10H2,(H,21,22)/b6-4+. The number of hydrogen-bond donors (Lipinski definition) is 1. The molecule has 0 saturated heterocycles. The number of benzene rings is 2. The molecule has 0 saturated carbocycles. The van der Waals surface area contributed by atoms with Gasteiger partial charge in [-0.2, -0.15) is 0 Å². The highest BCUT2D eigenvalue weighted by Gasteiger charge is 2.09. The monoisotopic (exact) mass is 334 g/mol. The fraction of sp³-hybridized carbons (Fsp3) is 0.0588. The van der Waals surface area contributed by atoms with Crippen molar-refractivity contribution in [2.75, 3.05) is 5.75 Å². The maximum absolute atomic E-state index is 13.8. The summed E-state index contributed by atoms with van der Waals surface area (Å²) in [6.45, 7) is 0. The maximum Gasteiger partial charge on any atom is 0.313 e. The van der Waals surface area contributed by atoms with Crippen molar-refractivity contribution >= 4 is 29.6 Å². The molecule has 23 heavy (non-hydrogen) atoms. The number of ketones is 1. The molecule has 3 nitrogen and oxygen atoms in total. The number of rotatable bonds is 6. The largest absolute Gasteiger partial charge is 0.481 e. The quantitative estimate of drug-likeness (QED) is 0.492. The van der Waals surface area contributed by atoms with Gasteiger partial charge in [0.05, 0.1) is 5.75 Å². The highest BCUT2D eigenvalue weighted by atomic mass is 32.2. The number of halogens is 2. The van der Waals surface area contributed by atoms with Crippen molar-refractivity contribution < 1.29 is 23.5 Å². The van der Waals surface area contributed by atoms with Crippen molar-refractivity contribution in [2.24, 2.45) is 0 Å². The first-order valence-corrected chi connectivity index (χ1v) is 7.56. The smallest absolute Gasteiger partial charge is 0.313 e. The first-order chi connectivity index (χ1) is 11.0. The van der Waals surface area contributed by atoms with Crippen LogP contribution in [0.5, 0.6) is 0 Å². The predicted molar refractivity (Wildman–Crippen MR) is 84.5 cm³/mol. The van der Waals surface area contributed by atoms with Crippen LogP contribution in [0.2, 0.25) is 0 Å². The molecule has 0 spiro atoms. The molecule has 0 heterocycles. The molecule has 1 N–H and O–H groups in total. The van der Waals surface area contributed by atoms with Crippen LogP contribution in [-0.4, -0.2) is 22.6 Å². The SMILES string of the molecule is O=C(O)CSc1ccc(C(=O)/C=C/c2cccc(F)c2)cc1F. The molecule has 0 aromatic heterocycles. The van der Waals surface area contributed by atoms with E-state index in [2.05, 4.69) is 0 Å². The highest BCUT2D eigenvalue weighted by molar-refractivity contribution is 8.00. The Kier molecular flexibility index (Phi) is 5.65. The van der Waals surface area contributed by atoms with Crippen LogP contribution in [0.4, 0.5) is 8.78 Å². The van der Waals surface area contributed by atoms with Crippen LogP contribution in [0, 0.1) is 11.6 Å². The molecular weight excluding hydrogens is 322 g/mol. The number of carbonyl (C=O) groups excluding carboxylic acids is 1. The number of thioether (sulfide) groups is 1. The number of hydrogen-bond acceptors (Lipinski definition) is 3. The molecule has 0 aliphatic rings. The summed E-state index contributed by atoms with van der Waals surface area (Å²) in [6, 6.07) is 9.57. The van der Waals surface area contributed by atoms with E-state index in [1.54, 1.807) is 6.07 Å². The van der Waals surface area contributed by atoms with Crippen LogP contribution in [-0.2, 0) is 4.79 Å². The van der Waals surface area contributed by atoms with E-state index in [4.69, 9.17) is 5.11 Å². The number of carboxylic acid groups (broad SMARTS) is 1. The zero-order valence-electron chi connectivity index (χ0n) is 11.8. The van der Waals surface area contributed by atoms with E-state index in [0.29, 0.717) is 5.56 Å². The van der Waals surface area contributed by atoms with Crippen LogP contribution in [0.3, 0.4) is 0 Å². The topological polar surface area (TPSA) is 54.4 Å². The average Bonchev–Trinajstić information content (AvgIpc) is 2.51. The van der Waals surface area contributed by atoms with Crippen LogP contribution in [0.25, 0.3) is 6.08 Å². The minimum absolute atomic E-state index is 0.134. The fourth-order valence-electron chi connectivity index (χ4n) is 1.79. The molecule has 2 aromatic rings. The molecule has 0 amide bonds. The molecule has 0 radical (unpaired) electrons. The normalized spacial score (nSPS) is 10.9. The van der Waals surface area contributed by atoms with Crippen LogP contribution in [0.1, 0.15) is 15.9 Å². The van der Waals surface area contributed by atoms with Crippen molar-refractivity contribution in [3.05, 3.63) is 71.3 Å². The lowest BCUT2D eigenvalue weighted by atomic mass is 10.1. The summed E-state index contributed by atoms with van der Waals surface area (Å²) in [5.41, 5.74) is 0.655. The van der Waals surface area contributed by atoms with Gasteiger partial charge in [-0.15, -0.1) is 11.8 Å². The van der Waals surface area contributed by atoms with E-state index >= 15 is 0 Å². The van der Waals surface area contributed by atoms with E-state index in [1.807, 2.05) is 0 Å². The third kappa shape index (κ3) is 5.03. The van der Waals surface area contributed by atoms with Crippen molar-refractivity contribution in [3.8, 4) is 0 Å².